The van der Waals surface area contributed by atoms with E-state index in [1.807, 2.05) is 72.7 Å². The molecular formula is C23H33N9O3. The fourth-order valence-corrected chi connectivity index (χ4v) is 3.52. The number of benzene rings is 1. The van der Waals surface area contributed by atoms with E-state index in [1.54, 1.807) is 0 Å². The smallest absolute Gasteiger partial charge is 0.293 e. The molecule has 0 fully saturated rings. The number of aromatic hydroxyl groups is 1. The van der Waals surface area contributed by atoms with E-state index >= 15 is 0 Å². The number of hydrogen-bond acceptors (Lipinski definition) is 10. The summed E-state index contributed by atoms with van der Waals surface area (Å²) in [5.41, 5.74) is 10.6. The lowest BCUT2D eigenvalue weighted by atomic mass is 9.78. The van der Waals surface area contributed by atoms with Gasteiger partial charge in [-0.05, 0) is 52.9 Å². The summed E-state index contributed by atoms with van der Waals surface area (Å²) in [7, 11) is 3.68. The average Bonchev–Trinajstić information content (AvgIpc) is 3.32. The van der Waals surface area contributed by atoms with Gasteiger partial charge in [0.05, 0.1) is 11.9 Å². The second-order valence-corrected chi connectivity index (χ2v) is 10.7. The number of aromatic nitrogens is 5. The van der Waals surface area contributed by atoms with Crippen LogP contribution in [-0.2, 0) is 17.4 Å². The molecule has 35 heavy (non-hydrogen) atoms. The minimum atomic E-state index is -0.551. The van der Waals surface area contributed by atoms with Crippen molar-refractivity contribution < 1.29 is 14.5 Å². The highest BCUT2D eigenvalue weighted by Gasteiger charge is 2.27. The zero-order chi connectivity index (χ0) is 26.1. The predicted molar refractivity (Wildman–Crippen MR) is 132 cm³/mol. The number of hydrazone groups is 1. The Kier molecular flexibility index (Phi) is 6.97. The Morgan fingerprint density at radius 3 is 2.26 bits per heavy atom. The second-order valence-electron chi connectivity index (χ2n) is 10.7. The van der Waals surface area contributed by atoms with Gasteiger partial charge >= 0.3 is 0 Å². The van der Waals surface area contributed by atoms with Crippen molar-refractivity contribution in [2.45, 2.75) is 58.9 Å². The van der Waals surface area contributed by atoms with Gasteiger partial charge < -0.3 is 15.7 Å². The van der Waals surface area contributed by atoms with Gasteiger partial charge in [0.2, 0.25) is 11.6 Å². The molecule has 1 aromatic carbocycles. The van der Waals surface area contributed by atoms with Gasteiger partial charge in [-0.3, -0.25) is 4.79 Å². The number of nitrogens with one attached hydrogen (secondary N) is 1. The van der Waals surface area contributed by atoms with Crippen molar-refractivity contribution in [2.75, 3.05) is 19.8 Å². The molecule has 0 aliphatic rings. The van der Waals surface area contributed by atoms with Crippen LogP contribution in [0.4, 0.5) is 5.82 Å². The summed E-state index contributed by atoms with van der Waals surface area (Å²) >= 11 is 0. The molecule has 0 saturated heterocycles. The quantitative estimate of drug-likeness (QED) is 0.353. The van der Waals surface area contributed by atoms with Crippen molar-refractivity contribution >= 4 is 17.9 Å². The van der Waals surface area contributed by atoms with Crippen LogP contribution < -0.4 is 11.2 Å². The summed E-state index contributed by atoms with van der Waals surface area (Å²) in [5.74, 6) is -0.107. The van der Waals surface area contributed by atoms with Crippen LogP contribution in [-0.4, -0.2) is 61.5 Å². The summed E-state index contributed by atoms with van der Waals surface area (Å²) in [4.78, 5) is 14.8. The molecular weight excluding hydrogens is 450 g/mol. The number of phenolic OH excluding ortho intramolecular Hbond substituents is 1. The Morgan fingerprint density at radius 2 is 1.77 bits per heavy atom. The van der Waals surface area contributed by atoms with E-state index in [-0.39, 0.29) is 33.9 Å². The van der Waals surface area contributed by atoms with Gasteiger partial charge in [-0.2, -0.15) is 9.78 Å². The van der Waals surface area contributed by atoms with E-state index < -0.39 is 5.91 Å². The number of nitrogens with two attached hydrogens (primary N) is 1. The van der Waals surface area contributed by atoms with Gasteiger partial charge in [-0.1, -0.05) is 46.8 Å². The minimum absolute atomic E-state index is 0.0246. The summed E-state index contributed by atoms with van der Waals surface area (Å²) in [6, 6.07) is 3.74. The van der Waals surface area contributed by atoms with Crippen LogP contribution in [0.2, 0.25) is 0 Å². The van der Waals surface area contributed by atoms with Crippen molar-refractivity contribution in [1.82, 2.24) is 35.6 Å². The van der Waals surface area contributed by atoms with E-state index in [1.165, 1.54) is 10.9 Å². The molecule has 1 amide bonds. The van der Waals surface area contributed by atoms with Crippen LogP contribution in [0.1, 0.15) is 74.4 Å². The van der Waals surface area contributed by atoms with Crippen molar-refractivity contribution in [2.24, 2.45) is 5.10 Å². The second kappa shape index (κ2) is 9.45. The third-order valence-electron chi connectivity index (χ3n) is 5.27. The maximum atomic E-state index is 12.9. The maximum absolute atomic E-state index is 12.9. The van der Waals surface area contributed by atoms with Crippen molar-refractivity contribution in [3.05, 3.63) is 40.2 Å². The first kappa shape index (κ1) is 25.8. The normalized spacial score (nSPS) is 12.6. The van der Waals surface area contributed by atoms with Gasteiger partial charge in [0.1, 0.15) is 5.75 Å². The Labute approximate surface area is 204 Å². The summed E-state index contributed by atoms with van der Waals surface area (Å²) in [6.45, 7) is 12.5. The van der Waals surface area contributed by atoms with E-state index in [0.29, 0.717) is 12.2 Å². The molecule has 2 aromatic heterocycles. The molecule has 12 nitrogen and oxygen atoms in total. The molecule has 0 aliphatic heterocycles. The van der Waals surface area contributed by atoms with Crippen LogP contribution in [0.25, 0.3) is 5.82 Å². The first-order valence-corrected chi connectivity index (χ1v) is 11.1. The van der Waals surface area contributed by atoms with Gasteiger partial charge in [0.25, 0.3) is 5.91 Å². The Bertz CT molecular complexity index is 1210. The number of nitrogens with zero attached hydrogens (tertiary/aromatic N) is 7. The number of carbonyl (C=O) groups excluding carboxylic acids is 1. The fraction of sp³-hybridized carbons (Fsp3) is 0.478. The molecule has 0 spiro atoms. The molecule has 0 unspecified atom stereocenters. The average molecular weight is 484 g/mol. The fourth-order valence-electron chi connectivity index (χ4n) is 3.52. The Hall–Kier alpha value is -3.80. The molecule has 0 aliphatic carbocycles. The molecule has 0 atom stereocenters. The number of phenols is 1. The number of amides is 1. The molecule has 12 heteroatoms. The first-order valence-electron chi connectivity index (χ1n) is 11.1. The van der Waals surface area contributed by atoms with E-state index in [4.69, 9.17) is 5.73 Å². The van der Waals surface area contributed by atoms with E-state index in [9.17, 15) is 9.90 Å². The highest BCUT2D eigenvalue weighted by molar-refractivity contribution is 5.94. The van der Waals surface area contributed by atoms with Crippen LogP contribution >= 0.6 is 0 Å². The van der Waals surface area contributed by atoms with Gasteiger partial charge in [0.15, 0.2) is 5.69 Å². The number of rotatable bonds is 6. The lowest BCUT2D eigenvalue weighted by Gasteiger charge is -2.27. The number of anilines is 1. The first-order chi connectivity index (χ1) is 16.2. The Morgan fingerprint density at radius 1 is 1.17 bits per heavy atom. The molecule has 2 heterocycles. The monoisotopic (exact) mass is 483 g/mol. The highest BCUT2D eigenvalue weighted by atomic mass is 16.6. The SMILES string of the molecule is CN(C)Cc1c(C(=O)N/N=C/c2cc(C(C)(C)C)c(O)c(C(C)(C)C)c2)nnn1-c1nonc1N. The van der Waals surface area contributed by atoms with Crippen LogP contribution in [0.15, 0.2) is 21.9 Å². The van der Waals surface area contributed by atoms with E-state index in [0.717, 1.165) is 16.7 Å². The predicted octanol–water partition coefficient (Wildman–Crippen LogP) is 2.36. The summed E-state index contributed by atoms with van der Waals surface area (Å²) in [5, 5.41) is 30.3. The molecule has 0 radical (unpaired) electrons. The van der Waals surface area contributed by atoms with Crippen LogP contribution in [0.5, 0.6) is 5.75 Å². The van der Waals surface area contributed by atoms with E-state index in [2.05, 4.69) is 35.8 Å². The zero-order valence-electron chi connectivity index (χ0n) is 21.4. The number of carbonyl (C=O) groups is 1. The van der Waals surface area contributed by atoms with Gasteiger partial charge in [-0.15, -0.1) is 5.10 Å². The third kappa shape index (κ3) is 5.65. The largest absolute Gasteiger partial charge is 0.507 e. The number of hydrogen-bond donors (Lipinski definition) is 3. The minimum Gasteiger partial charge on any atom is -0.507 e. The molecule has 188 valence electrons. The standard InChI is InChI=1S/C23H33N9O3/c1-22(2,3)14-9-13(10-15(18(14)33)23(4,5)6)11-25-27-21(34)17-16(12-31(7)8)32(30-26-17)20-19(24)28-35-29-20/h9-11,33H,12H2,1-8H3,(H2,24,28)(H,27,34)/b25-11+. The number of nitrogen functional groups attached to an aromatic ring is 1. The maximum Gasteiger partial charge on any atom is 0.293 e. The molecule has 3 rings (SSSR count). The summed E-state index contributed by atoms with van der Waals surface area (Å²) in [6.07, 6.45) is 1.54. The van der Waals surface area contributed by atoms with Gasteiger partial charge in [0, 0.05) is 17.7 Å². The topological polar surface area (TPSA) is 161 Å². The van der Waals surface area contributed by atoms with Crippen molar-refractivity contribution in [3.8, 4) is 11.6 Å². The van der Waals surface area contributed by atoms with Crippen molar-refractivity contribution in [1.29, 1.82) is 0 Å². The lowest BCUT2D eigenvalue weighted by molar-refractivity contribution is 0.0948. The lowest BCUT2D eigenvalue weighted by Crippen LogP contribution is -2.23. The Balaban J connectivity index is 1.92. The van der Waals surface area contributed by atoms with Gasteiger partial charge in [-0.25, -0.2) is 10.1 Å². The van der Waals surface area contributed by atoms with Crippen LogP contribution in [0, 0.1) is 0 Å². The highest BCUT2D eigenvalue weighted by Crippen LogP contribution is 2.39. The molecule has 0 bridgehead atoms. The van der Waals surface area contributed by atoms with Crippen LogP contribution in [0.3, 0.4) is 0 Å². The molecule has 0 saturated carbocycles. The molecule has 4 N–H and O–H groups in total. The third-order valence-corrected chi connectivity index (χ3v) is 5.27. The molecule has 3 aromatic rings. The zero-order valence-corrected chi connectivity index (χ0v) is 21.4. The van der Waals surface area contributed by atoms with Crippen molar-refractivity contribution in [3.63, 3.8) is 0 Å². The summed E-state index contributed by atoms with van der Waals surface area (Å²) < 4.78 is 5.96.